The molecule has 0 bridgehead atoms. The lowest BCUT2D eigenvalue weighted by molar-refractivity contribution is -0.384. The van der Waals surface area contributed by atoms with Crippen LogP contribution in [0.15, 0.2) is 42.5 Å². The van der Waals surface area contributed by atoms with Crippen LogP contribution in [0.3, 0.4) is 0 Å². The number of carbonyl (C=O) groups excluding carboxylic acids is 2. The minimum atomic E-state index is -0.591. The summed E-state index contributed by atoms with van der Waals surface area (Å²) in [5.41, 5.74) is 1.43. The number of nitro benzene ring substituents is 1. The second-order valence-corrected chi connectivity index (χ2v) is 6.13. The van der Waals surface area contributed by atoms with E-state index in [0.717, 1.165) is 0 Å². The average Bonchev–Trinajstić information content (AvgIpc) is 2.99. The normalized spacial score (nSPS) is 16.6. The van der Waals surface area contributed by atoms with Crippen LogP contribution in [0.5, 0.6) is 0 Å². The zero-order chi connectivity index (χ0) is 18.8. The van der Waals surface area contributed by atoms with Gasteiger partial charge in [-0.15, -0.1) is 0 Å². The first-order chi connectivity index (χ1) is 12.3. The zero-order valence-corrected chi connectivity index (χ0v) is 13.9. The molecule has 134 valence electrons. The molecule has 2 amide bonds. The van der Waals surface area contributed by atoms with Crippen molar-refractivity contribution >= 4 is 28.9 Å². The lowest BCUT2D eigenvalue weighted by Crippen LogP contribution is -2.28. The number of carbonyl (C=O) groups is 2. The fraction of sp³-hybridized carbons (Fsp3) is 0.222. The summed E-state index contributed by atoms with van der Waals surface area (Å²) >= 11 is 0. The number of nitrogens with zero attached hydrogens (tertiary/aromatic N) is 2. The third-order valence-corrected chi connectivity index (χ3v) is 4.32. The molecule has 0 spiro atoms. The van der Waals surface area contributed by atoms with Gasteiger partial charge in [-0.2, -0.15) is 0 Å². The van der Waals surface area contributed by atoms with E-state index in [2.05, 4.69) is 5.32 Å². The minimum Gasteiger partial charge on any atom is -0.325 e. The van der Waals surface area contributed by atoms with E-state index in [0.29, 0.717) is 16.9 Å². The summed E-state index contributed by atoms with van der Waals surface area (Å²) in [6, 6.07) is 9.68. The van der Waals surface area contributed by atoms with Gasteiger partial charge in [0.1, 0.15) is 5.82 Å². The zero-order valence-electron chi connectivity index (χ0n) is 13.9. The van der Waals surface area contributed by atoms with Crippen LogP contribution in [0.4, 0.5) is 21.5 Å². The summed E-state index contributed by atoms with van der Waals surface area (Å²) in [4.78, 5) is 36.5. The van der Waals surface area contributed by atoms with Gasteiger partial charge in [-0.25, -0.2) is 4.39 Å². The van der Waals surface area contributed by atoms with Gasteiger partial charge in [0, 0.05) is 30.8 Å². The average molecular weight is 357 g/mol. The van der Waals surface area contributed by atoms with Gasteiger partial charge in [0.25, 0.3) is 5.69 Å². The summed E-state index contributed by atoms with van der Waals surface area (Å²) in [5.74, 6) is -1.61. The number of halogens is 1. The number of hydrogen-bond acceptors (Lipinski definition) is 4. The molecule has 7 nitrogen and oxygen atoms in total. The molecule has 1 atom stereocenters. The van der Waals surface area contributed by atoms with Crippen LogP contribution in [-0.4, -0.2) is 23.3 Å². The van der Waals surface area contributed by atoms with Crippen molar-refractivity contribution in [3.05, 3.63) is 64.0 Å². The number of amides is 2. The molecule has 0 aromatic heterocycles. The van der Waals surface area contributed by atoms with Crippen LogP contribution in [0.25, 0.3) is 0 Å². The highest BCUT2D eigenvalue weighted by molar-refractivity contribution is 6.03. The van der Waals surface area contributed by atoms with Crippen LogP contribution in [0.1, 0.15) is 12.0 Å². The van der Waals surface area contributed by atoms with Crippen LogP contribution >= 0.6 is 0 Å². The van der Waals surface area contributed by atoms with Gasteiger partial charge in [-0.3, -0.25) is 19.7 Å². The molecular formula is C18H16FN3O4. The quantitative estimate of drug-likeness (QED) is 0.672. The molecule has 0 aliphatic carbocycles. The van der Waals surface area contributed by atoms with Gasteiger partial charge >= 0.3 is 0 Å². The van der Waals surface area contributed by atoms with Crippen molar-refractivity contribution in [2.75, 3.05) is 16.8 Å². The molecule has 2 aromatic rings. The molecule has 1 saturated heterocycles. The van der Waals surface area contributed by atoms with Gasteiger partial charge in [0.15, 0.2) is 0 Å². The highest BCUT2D eigenvalue weighted by Crippen LogP contribution is 2.27. The Morgan fingerprint density at radius 3 is 2.62 bits per heavy atom. The van der Waals surface area contributed by atoms with Crippen LogP contribution in [0.2, 0.25) is 0 Å². The molecule has 1 N–H and O–H groups in total. The number of non-ortho nitro benzene ring substituents is 1. The molecule has 1 aliphatic heterocycles. The molecule has 1 aliphatic rings. The Kier molecular flexibility index (Phi) is 4.66. The number of benzene rings is 2. The number of rotatable bonds is 4. The van der Waals surface area contributed by atoms with Gasteiger partial charge in [0.2, 0.25) is 11.8 Å². The van der Waals surface area contributed by atoms with Gasteiger partial charge in [0.05, 0.1) is 16.5 Å². The number of aryl methyl sites for hydroxylation is 1. The van der Waals surface area contributed by atoms with Crippen LogP contribution in [-0.2, 0) is 9.59 Å². The predicted octanol–water partition coefficient (Wildman–Crippen LogP) is 3.03. The Morgan fingerprint density at radius 2 is 1.96 bits per heavy atom. The van der Waals surface area contributed by atoms with Crippen molar-refractivity contribution in [2.45, 2.75) is 13.3 Å². The highest BCUT2D eigenvalue weighted by Gasteiger charge is 2.35. The van der Waals surface area contributed by atoms with E-state index in [1.165, 1.54) is 41.3 Å². The Labute approximate surface area is 148 Å². The van der Waals surface area contributed by atoms with Crippen molar-refractivity contribution in [1.82, 2.24) is 0 Å². The number of hydrogen-bond donors (Lipinski definition) is 1. The van der Waals surface area contributed by atoms with Crippen molar-refractivity contribution < 1.29 is 18.9 Å². The van der Waals surface area contributed by atoms with Crippen LogP contribution in [0, 0.1) is 28.8 Å². The Balaban J connectivity index is 1.73. The summed E-state index contributed by atoms with van der Waals surface area (Å²) < 4.78 is 13.0. The third-order valence-electron chi connectivity index (χ3n) is 4.32. The lowest BCUT2D eigenvalue weighted by atomic mass is 10.1. The van der Waals surface area contributed by atoms with Crippen molar-refractivity contribution in [1.29, 1.82) is 0 Å². The van der Waals surface area contributed by atoms with E-state index in [4.69, 9.17) is 0 Å². The molecule has 8 heteroatoms. The first-order valence-corrected chi connectivity index (χ1v) is 7.97. The monoisotopic (exact) mass is 357 g/mol. The van der Waals surface area contributed by atoms with Crippen molar-refractivity contribution in [3.8, 4) is 0 Å². The molecule has 1 fully saturated rings. The predicted molar refractivity (Wildman–Crippen MR) is 93.3 cm³/mol. The summed E-state index contributed by atoms with van der Waals surface area (Å²) in [7, 11) is 0. The Morgan fingerprint density at radius 1 is 1.27 bits per heavy atom. The fourth-order valence-corrected chi connectivity index (χ4v) is 2.85. The topological polar surface area (TPSA) is 92.5 Å². The molecule has 0 saturated carbocycles. The molecule has 3 rings (SSSR count). The molecule has 2 aromatic carbocycles. The first kappa shape index (κ1) is 17.5. The van der Waals surface area contributed by atoms with E-state index in [9.17, 15) is 24.1 Å². The summed E-state index contributed by atoms with van der Waals surface area (Å²) in [6.45, 7) is 1.90. The maximum atomic E-state index is 13.0. The number of nitrogens with one attached hydrogen (secondary N) is 1. The smallest absolute Gasteiger partial charge is 0.271 e. The lowest BCUT2D eigenvalue weighted by Gasteiger charge is -2.17. The Hall–Kier alpha value is -3.29. The molecular weight excluding hydrogens is 341 g/mol. The van der Waals surface area contributed by atoms with Crippen molar-refractivity contribution in [3.63, 3.8) is 0 Å². The fourth-order valence-electron chi connectivity index (χ4n) is 2.85. The number of anilines is 2. The first-order valence-electron chi connectivity index (χ1n) is 7.97. The maximum Gasteiger partial charge on any atom is 0.271 e. The molecule has 1 heterocycles. The van der Waals surface area contributed by atoms with Crippen molar-refractivity contribution in [2.24, 2.45) is 5.92 Å². The SMILES string of the molecule is Cc1ccc([N+](=O)[O-])cc1NC(=O)[C@@H]1CC(=O)N(c2ccc(F)cc2)C1. The minimum absolute atomic E-state index is 0.0250. The van der Waals surface area contributed by atoms with E-state index in [-0.39, 0.29) is 30.5 Å². The van der Waals surface area contributed by atoms with Gasteiger partial charge in [-0.1, -0.05) is 6.07 Å². The highest BCUT2D eigenvalue weighted by atomic mass is 19.1. The van der Waals surface area contributed by atoms with E-state index >= 15 is 0 Å². The third kappa shape index (κ3) is 3.53. The molecule has 0 radical (unpaired) electrons. The van der Waals surface area contributed by atoms with E-state index < -0.39 is 16.7 Å². The largest absolute Gasteiger partial charge is 0.325 e. The second kappa shape index (κ2) is 6.91. The Bertz CT molecular complexity index is 883. The van der Waals surface area contributed by atoms with Gasteiger partial charge < -0.3 is 10.2 Å². The summed E-state index contributed by atoms with van der Waals surface area (Å²) in [6.07, 6.45) is 0.0250. The summed E-state index contributed by atoms with van der Waals surface area (Å²) in [5, 5.41) is 13.6. The maximum absolute atomic E-state index is 13.0. The van der Waals surface area contributed by atoms with Gasteiger partial charge in [-0.05, 0) is 36.8 Å². The van der Waals surface area contributed by atoms with E-state index in [1.54, 1.807) is 13.0 Å². The van der Waals surface area contributed by atoms with E-state index in [1.807, 2.05) is 0 Å². The molecule has 26 heavy (non-hydrogen) atoms. The van der Waals surface area contributed by atoms with Crippen LogP contribution < -0.4 is 10.2 Å². The molecule has 0 unspecified atom stereocenters. The second-order valence-electron chi connectivity index (χ2n) is 6.13. The number of nitro groups is 1. The standard InChI is InChI=1S/C18H16FN3O4/c1-11-2-5-15(22(25)26)9-16(11)20-18(24)12-8-17(23)21(10-12)14-6-3-13(19)4-7-14/h2-7,9,12H,8,10H2,1H3,(H,20,24)/t12-/m1/s1.